The minimum absolute atomic E-state index is 0.146. The van der Waals surface area contributed by atoms with E-state index in [-0.39, 0.29) is 12.2 Å². The molecule has 1 aromatic carbocycles. The second-order valence-corrected chi connectivity index (χ2v) is 6.79. The summed E-state index contributed by atoms with van der Waals surface area (Å²) in [4.78, 5) is 2.30. The van der Waals surface area contributed by atoms with Crippen LogP contribution >= 0.6 is 0 Å². The SMILES string of the molecule is Cc1ccccc1CN(CC(O)COC(C)C)CC1CCCO1. The molecule has 1 heterocycles. The van der Waals surface area contributed by atoms with Crippen molar-refractivity contribution in [3.05, 3.63) is 35.4 Å². The minimum Gasteiger partial charge on any atom is -0.389 e. The van der Waals surface area contributed by atoms with Crippen LogP contribution in [0.5, 0.6) is 0 Å². The first-order valence-corrected chi connectivity index (χ1v) is 8.72. The van der Waals surface area contributed by atoms with Gasteiger partial charge in [-0.15, -0.1) is 0 Å². The van der Waals surface area contributed by atoms with Crippen molar-refractivity contribution in [1.29, 1.82) is 0 Å². The number of benzene rings is 1. The maximum atomic E-state index is 10.3. The topological polar surface area (TPSA) is 41.9 Å². The molecule has 1 fully saturated rings. The lowest BCUT2D eigenvalue weighted by Gasteiger charge is -2.28. The van der Waals surface area contributed by atoms with Gasteiger partial charge in [-0.25, -0.2) is 0 Å². The minimum atomic E-state index is -0.470. The smallest absolute Gasteiger partial charge is 0.0900 e. The van der Waals surface area contributed by atoms with Crippen LogP contribution in [0.3, 0.4) is 0 Å². The van der Waals surface area contributed by atoms with Gasteiger partial charge < -0.3 is 14.6 Å². The third-order valence-electron chi connectivity index (χ3n) is 4.23. The van der Waals surface area contributed by atoms with Gasteiger partial charge in [0, 0.05) is 26.2 Å². The number of aliphatic hydroxyl groups excluding tert-OH is 1. The van der Waals surface area contributed by atoms with Crippen molar-refractivity contribution in [3.63, 3.8) is 0 Å². The van der Waals surface area contributed by atoms with E-state index < -0.39 is 6.10 Å². The molecule has 1 N–H and O–H groups in total. The van der Waals surface area contributed by atoms with Crippen molar-refractivity contribution in [2.45, 2.75) is 58.5 Å². The van der Waals surface area contributed by atoms with Gasteiger partial charge in [0.1, 0.15) is 0 Å². The van der Waals surface area contributed by atoms with E-state index in [4.69, 9.17) is 9.47 Å². The van der Waals surface area contributed by atoms with Gasteiger partial charge in [0.25, 0.3) is 0 Å². The third kappa shape index (κ3) is 6.60. The quantitative estimate of drug-likeness (QED) is 0.759. The van der Waals surface area contributed by atoms with Crippen LogP contribution < -0.4 is 0 Å². The van der Waals surface area contributed by atoms with Crippen molar-refractivity contribution < 1.29 is 14.6 Å². The van der Waals surface area contributed by atoms with E-state index >= 15 is 0 Å². The van der Waals surface area contributed by atoms with Gasteiger partial charge in [-0.1, -0.05) is 24.3 Å². The van der Waals surface area contributed by atoms with Crippen LogP contribution in [0, 0.1) is 6.92 Å². The second kappa shape index (κ2) is 9.38. The summed E-state index contributed by atoms with van der Waals surface area (Å²) in [6.07, 6.45) is 2.22. The van der Waals surface area contributed by atoms with Crippen LogP contribution in [0.1, 0.15) is 37.8 Å². The lowest BCUT2D eigenvalue weighted by molar-refractivity contribution is -0.0172. The summed E-state index contributed by atoms with van der Waals surface area (Å²) in [5.41, 5.74) is 2.60. The van der Waals surface area contributed by atoms with Crippen molar-refractivity contribution in [2.75, 3.05) is 26.3 Å². The Morgan fingerprint density at radius 2 is 2.13 bits per heavy atom. The number of rotatable bonds is 9. The molecule has 0 amide bonds. The van der Waals surface area contributed by atoms with E-state index in [1.54, 1.807) is 0 Å². The Morgan fingerprint density at radius 3 is 2.78 bits per heavy atom. The summed E-state index contributed by atoms with van der Waals surface area (Å²) in [7, 11) is 0. The Balaban J connectivity index is 1.94. The van der Waals surface area contributed by atoms with E-state index in [0.29, 0.717) is 13.2 Å². The molecule has 0 radical (unpaired) electrons. The van der Waals surface area contributed by atoms with Gasteiger partial charge in [0.05, 0.1) is 24.9 Å². The molecule has 0 saturated carbocycles. The van der Waals surface area contributed by atoms with Crippen LogP contribution in [0.25, 0.3) is 0 Å². The fraction of sp³-hybridized carbons (Fsp3) is 0.684. The molecular formula is C19H31NO3. The summed E-state index contributed by atoms with van der Waals surface area (Å²) in [6, 6.07) is 8.44. The van der Waals surface area contributed by atoms with E-state index in [1.807, 2.05) is 13.8 Å². The molecule has 2 rings (SSSR count). The van der Waals surface area contributed by atoms with Crippen molar-refractivity contribution in [3.8, 4) is 0 Å². The molecule has 2 atom stereocenters. The van der Waals surface area contributed by atoms with Gasteiger partial charge in [-0.05, 0) is 44.7 Å². The van der Waals surface area contributed by atoms with Crippen molar-refractivity contribution >= 4 is 0 Å². The molecule has 4 nitrogen and oxygen atoms in total. The molecule has 0 bridgehead atoms. The van der Waals surface area contributed by atoms with Crippen molar-refractivity contribution in [2.24, 2.45) is 0 Å². The van der Waals surface area contributed by atoms with Crippen LogP contribution in [0.4, 0.5) is 0 Å². The largest absolute Gasteiger partial charge is 0.389 e. The van der Waals surface area contributed by atoms with Gasteiger partial charge in [0.15, 0.2) is 0 Å². The molecule has 23 heavy (non-hydrogen) atoms. The molecule has 0 spiro atoms. The van der Waals surface area contributed by atoms with Crippen LogP contribution in [-0.2, 0) is 16.0 Å². The zero-order valence-electron chi connectivity index (χ0n) is 14.7. The van der Waals surface area contributed by atoms with Crippen LogP contribution in [0.15, 0.2) is 24.3 Å². The van der Waals surface area contributed by atoms with Crippen LogP contribution in [-0.4, -0.2) is 54.6 Å². The lowest BCUT2D eigenvalue weighted by Crippen LogP contribution is -2.39. The second-order valence-electron chi connectivity index (χ2n) is 6.79. The lowest BCUT2D eigenvalue weighted by atomic mass is 10.1. The van der Waals surface area contributed by atoms with Gasteiger partial charge in [0.2, 0.25) is 0 Å². The first-order chi connectivity index (χ1) is 11.0. The highest BCUT2D eigenvalue weighted by Gasteiger charge is 2.21. The normalized spacial score (nSPS) is 19.7. The zero-order chi connectivity index (χ0) is 16.7. The molecule has 1 aliphatic rings. The number of hydrogen-bond donors (Lipinski definition) is 1. The zero-order valence-corrected chi connectivity index (χ0v) is 14.7. The molecule has 1 aromatic rings. The summed E-state index contributed by atoms with van der Waals surface area (Å²) in [5, 5.41) is 10.3. The highest BCUT2D eigenvalue weighted by Crippen LogP contribution is 2.17. The van der Waals surface area contributed by atoms with E-state index in [1.165, 1.54) is 11.1 Å². The van der Waals surface area contributed by atoms with Gasteiger partial charge in [-0.3, -0.25) is 4.90 Å². The number of ether oxygens (including phenoxy) is 2. The first kappa shape index (κ1) is 18.4. The molecule has 1 saturated heterocycles. The average molecular weight is 321 g/mol. The first-order valence-electron chi connectivity index (χ1n) is 8.72. The van der Waals surface area contributed by atoms with Gasteiger partial charge >= 0.3 is 0 Å². The molecule has 0 aromatic heterocycles. The Hall–Kier alpha value is -0.940. The Bertz CT molecular complexity index is 458. The summed E-state index contributed by atoms with van der Waals surface area (Å²) >= 11 is 0. The van der Waals surface area contributed by atoms with Crippen molar-refractivity contribution in [1.82, 2.24) is 4.90 Å². The maximum absolute atomic E-state index is 10.3. The van der Waals surface area contributed by atoms with E-state index in [0.717, 1.165) is 32.5 Å². The number of aryl methyl sites for hydroxylation is 1. The molecule has 4 heteroatoms. The highest BCUT2D eigenvalue weighted by molar-refractivity contribution is 5.25. The summed E-state index contributed by atoms with van der Waals surface area (Å²) in [5.74, 6) is 0. The Kier molecular flexibility index (Phi) is 7.50. The predicted octanol–water partition coefficient (Wildman–Crippen LogP) is 2.76. The highest BCUT2D eigenvalue weighted by atomic mass is 16.5. The molecule has 130 valence electrons. The predicted molar refractivity (Wildman–Crippen MR) is 92.5 cm³/mol. The Labute approximate surface area is 140 Å². The fourth-order valence-corrected chi connectivity index (χ4v) is 2.96. The van der Waals surface area contributed by atoms with Crippen LogP contribution in [0.2, 0.25) is 0 Å². The molecule has 2 unspecified atom stereocenters. The molecular weight excluding hydrogens is 290 g/mol. The number of hydrogen-bond acceptors (Lipinski definition) is 4. The summed E-state index contributed by atoms with van der Waals surface area (Å²) < 4.78 is 11.3. The monoisotopic (exact) mass is 321 g/mol. The van der Waals surface area contributed by atoms with E-state index in [9.17, 15) is 5.11 Å². The molecule has 0 aliphatic carbocycles. The maximum Gasteiger partial charge on any atom is 0.0900 e. The average Bonchev–Trinajstić information content (AvgIpc) is 3.00. The standard InChI is InChI=1S/C19H31NO3/c1-15(2)23-14-18(21)12-20(13-19-9-6-10-22-19)11-17-8-5-4-7-16(17)3/h4-5,7-8,15,18-19,21H,6,9-14H2,1-3H3. The number of nitrogens with zero attached hydrogens (tertiary/aromatic N) is 1. The Morgan fingerprint density at radius 1 is 1.35 bits per heavy atom. The summed E-state index contributed by atoms with van der Waals surface area (Å²) in [6.45, 7) is 9.68. The fourth-order valence-electron chi connectivity index (χ4n) is 2.96. The van der Waals surface area contributed by atoms with Gasteiger partial charge in [-0.2, -0.15) is 0 Å². The molecule has 1 aliphatic heterocycles. The number of aliphatic hydroxyl groups is 1. The third-order valence-corrected chi connectivity index (χ3v) is 4.23. The van der Waals surface area contributed by atoms with E-state index in [2.05, 4.69) is 36.1 Å².